The number of nitrogens with one attached hydrogen (secondary N) is 1. The van der Waals surface area contributed by atoms with Gasteiger partial charge in [0.25, 0.3) is 5.69 Å². The van der Waals surface area contributed by atoms with Crippen LogP contribution in [0.25, 0.3) is 0 Å². The van der Waals surface area contributed by atoms with E-state index in [4.69, 9.17) is 0 Å². The predicted octanol–water partition coefficient (Wildman–Crippen LogP) is 2.31. The van der Waals surface area contributed by atoms with Crippen LogP contribution in [0, 0.1) is 10.1 Å². The Morgan fingerprint density at radius 1 is 1.47 bits per heavy atom. The lowest BCUT2D eigenvalue weighted by atomic mass is 10.3. The third kappa shape index (κ3) is 3.22. The Kier molecular flexibility index (Phi) is 4.00. The van der Waals surface area contributed by atoms with Gasteiger partial charge in [-0.25, -0.2) is 0 Å². The quantitative estimate of drug-likeness (QED) is 0.667. The Hall–Kier alpha value is -2.09. The Bertz CT molecular complexity index is 599. The van der Waals surface area contributed by atoms with E-state index < -0.39 is 4.92 Å². The van der Waals surface area contributed by atoms with E-state index in [-0.39, 0.29) is 5.69 Å². The number of aromatic nitrogens is 3. The second-order valence-electron chi connectivity index (χ2n) is 3.83. The molecular formula is C11H13N5O2S. The number of rotatable bonds is 5. The van der Waals surface area contributed by atoms with E-state index in [1.54, 1.807) is 10.9 Å². The van der Waals surface area contributed by atoms with Gasteiger partial charge in [-0.1, -0.05) is 0 Å². The van der Waals surface area contributed by atoms with Crippen molar-refractivity contribution in [2.75, 3.05) is 11.9 Å². The Morgan fingerprint density at radius 2 is 2.26 bits per heavy atom. The molecule has 0 spiro atoms. The van der Waals surface area contributed by atoms with E-state index in [0.29, 0.717) is 11.7 Å². The fraction of sp³-hybridized carbons (Fsp3) is 0.273. The molecule has 0 saturated carbocycles. The van der Waals surface area contributed by atoms with Gasteiger partial charge in [0.15, 0.2) is 5.16 Å². The summed E-state index contributed by atoms with van der Waals surface area (Å²) in [6.45, 7) is 2.64. The number of hydrogen-bond acceptors (Lipinski definition) is 6. The van der Waals surface area contributed by atoms with Gasteiger partial charge in [0.1, 0.15) is 6.33 Å². The van der Waals surface area contributed by atoms with E-state index in [2.05, 4.69) is 15.5 Å². The highest BCUT2D eigenvalue weighted by Gasteiger charge is 2.12. The summed E-state index contributed by atoms with van der Waals surface area (Å²) in [7, 11) is 1.82. The van der Waals surface area contributed by atoms with Gasteiger partial charge >= 0.3 is 0 Å². The molecule has 19 heavy (non-hydrogen) atoms. The van der Waals surface area contributed by atoms with Gasteiger partial charge in [-0.05, 0) is 24.8 Å². The largest absolute Gasteiger partial charge is 0.385 e. The second kappa shape index (κ2) is 5.70. The van der Waals surface area contributed by atoms with Gasteiger partial charge in [0, 0.05) is 36.3 Å². The summed E-state index contributed by atoms with van der Waals surface area (Å²) in [6.07, 6.45) is 1.59. The van der Waals surface area contributed by atoms with Crippen molar-refractivity contribution in [1.29, 1.82) is 0 Å². The van der Waals surface area contributed by atoms with Crippen LogP contribution in [0.1, 0.15) is 6.92 Å². The Balaban J connectivity index is 2.33. The first-order valence-electron chi connectivity index (χ1n) is 5.65. The molecule has 2 rings (SSSR count). The van der Waals surface area contributed by atoms with Gasteiger partial charge in [0.2, 0.25) is 0 Å². The molecule has 0 atom stereocenters. The first-order chi connectivity index (χ1) is 9.10. The molecule has 1 aromatic carbocycles. The van der Waals surface area contributed by atoms with Gasteiger partial charge in [-0.15, -0.1) is 10.2 Å². The minimum atomic E-state index is -0.401. The molecule has 0 fully saturated rings. The van der Waals surface area contributed by atoms with Crippen LogP contribution in [-0.4, -0.2) is 26.2 Å². The van der Waals surface area contributed by atoms with Crippen molar-refractivity contribution < 1.29 is 4.92 Å². The molecule has 0 aliphatic rings. The monoisotopic (exact) mass is 279 g/mol. The normalized spacial score (nSPS) is 10.4. The highest BCUT2D eigenvalue weighted by molar-refractivity contribution is 7.99. The Labute approximate surface area is 114 Å². The van der Waals surface area contributed by atoms with Crippen LogP contribution in [0.15, 0.2) is 34.6 Å². The van der Waals surface area contributed by atoms with E-state index in [1.807, 2.05) is 20.0 Å². The minimum Gasteiger partial charge on any atom is -0.385 e. The summed E-state index contributed by atoms with van der Waals surface area (Å²) in [5.41, 5.74) is 0.782. The molecule has 0 unspecified atom stereocenters. The van der Waals surface area contributed by atoms with Crippen molar-refractivity contribution in [1.82, 2.24) is 14.8 Å². The van der Waals surface area contributed by atoms with Crippen LogP contribution >= 0.6 is 11.8 Å². The zero-order chi connectivity index (χ0) is 13.8. The van der Waals surface area contributed by atoms with Crippen molar-refractivity contribution in [3.05, 3.63) is 34.6 Å². The topological polar surface area (TPSA) is 85.9 Å². The predicted molar refractivity (Wildman–Crippen MR) is 72.4 cm³/mol. The molecular weight excluding hydrogens is 266 g/mol. The summed E-state index contributed by atoms with van der Waals surface area (Å²) in [6, 6.07) is 4.90. The summed E-state index contributed by atoms with van der Waals surface area (Å²) in [5.74, 6) is 0. The van der Waals surface area contributed by atoms with Crippen molar-refractivity contribution in [3.63, 3.8) is 0 Å². The van der Waals surface area contributed by atoms with Crippen LogP contribution in [-0.2, 0) is 7.05 Å². The van der Waals surface area contributed by atoms with Crippen molar-refractivity contribution >= 4 is 23.1 Å². The van der Waals surface area contributed by atoms with Crippen molar-refractivity contribution in [3.8, 4) is 0 Å². The van der Waals surface area contributed by atoms with Crippen molar-refractivity contribution in [2.45, 2.75) is 17.0 Å². The maximum atomic E-state index is 10.9. The molecule has 0 bridgehead atoms. The van der Waals surface area contributed by atoms with Crippen LogP contribution in [0.3, 0.4) is 0 Å². The number of non-ortho nitro benzene ring substituents is 1. The molecule has 1 aromatic heterocycles. The summed E-state index contributed by atoms with van der Waals surface area (Å²) >= 11 is 1.34. The average molecular weight is 279 g/mol. The number of nitro groups is 1. The summed E-state index contributed by atoms with van der Waals surface area (Å²) in [4.78, 5) is 11.3. The van der Waals surface area contributed by atoms with Gasteiger partial charge in [-0.3, -0.25) is 10.1 Å². The molecule has 0 aliphatic carbocycles. The van der Waals surface area contributed by atoms with E-state index in [1.165, 1.54) is 23.9 Å². The molecule has 1 heterocycles. The van der Waals surface area contributed by atoms with Gasteiger partial charge in [-0.2, -0.15) is 0 Å². The molecule has 2 aromatic rings. The third-order valence-electron chi connectivity index (χ3n) is 2.36. The fourth-order valence-electron chi connectivity index (χ4n) is 1.52. The first kappa shape index (κ1) is 13.3. The molecule has 0 amide bonds. The SMILES string of the molecule is CCNc1cc(Sc2nncn2C)cc([N+](=O)[O-])c1. The Morgan fingerprint density at radius 3 is 2.84 bits per heavy atom. The van der Waals surface area contributed by atoms with Gasteiger partial charge < -0.3 is 9.88 Å². The number of hydrogen-bond donors (Lipinski definition) is 1. The number of benzene rings is 1. The number of aryl methyl sites for hydroxylation is 1. The highest BCUT2D eigenvalue weighted by atomic mass is 32.2. The maximum Gasteiger partial charge on any atom is 0.272 e. The molecule has 0 radical (unpaired) electrons. The first-order valence-corrected chi connectivity index (χ1v) is 6.47. The van der Waals surface area contributed by atoms with E-state index in [0.717, 1.165) is 10.6 Å². The molecule has 0 aliphatic heterocycles. The van der Waals surface area contributed by atoms with Gasteiger partial charge in [0.05, 0.1) is 4.92 Å². The van der Waals surface area contributed by atoms with Crippen molar-refractivity contribution in [2.24, 2.45) is 7.05 Å². The standard InChI is InChI=1S/C11H13N5O2S/c1-3-12-8-4-9(16(17)18)6-10(5-8)19-11-14-13-7-15(11)2/h4-7,12H,3H2,1-2H3. The third-order valence-corrected chi connectivity index (χ3v) is 3.39. The minimum absolute atomic E-state index is 0.0584. The van der Waals surface area contributed by atoms with Crippen LogP contribution in [0.2, 0.25) is 0 Å². The fourth-order valence-corrected chi connectivity index (χ4v) is 2.38. The lowest BCUT2D eigenvalue weighted by Crippen LogP contribution is -1.98. The maximum absolute atomic E-state index is 10.9. The molecule has 0 saturated heterocycles. The van der Waals surface area contributed by atoms with Crippen LogP contribution in [0.4, 0.5) is 11.4 Å². The van der Waals surface area contributed by atoms with E-state index in [9.17, 15) is 10.1 Å². The lowest BCUT2D eigenvalue weighted by Gasteiger charge is -2.06. The summed E-state index contributed by atoms with van der Waals surface area (Å²) < 4.78 is 1.76. The van der Waals surface area contributed by atoms with E-state index >= 15 is 0 Å². The molecule has 8 heteroatoms. The smallest absolute Gasteiger partial charge is 0.272 e. The molecule has 1 N–H and O–H groups in total. The number of nitro benzene ring substituents is 1. The summed E-state index contributed by atoms with van der Waals surface area (Å²) in [5, 5.41) is 22.4. The van der Waals surface area contributed by atoms with Crippen LogP contribution in [0.5, 0.6) is 0 Å². The number of anilines is 1. The average Bonchev–Trinajstić information content (AvgIpc) is 2.75. The zero-order valence-electron chi connectivity index (χ0n) is 10.5. The van der Waals surface area contributed by atoms with Crippen LogP contribution < -0.4 is 5.32 Å². The second-order valence-corrected chi connectivity index (χ2v) is 4.87. The highest BCUT2D eigenvalue weighted by Crippen LogP contribution is 2.31. The molecule has 7 nitrogen and oxygen atoms in total. The molecule has 100 valence electrons. The number of nitrogens with zero attached hydrogens (tertiary/aromatic N) is 4. The zero-order valence-corrected chi connectivity index (χ0v) is 11.3. The lowest BCUT2D eigenvalue weighted by molar-refractivity contribution is -0.385.